The zero-order valence-electron chi connectivity index (χ0n) is 11.6. The Labute approximate surface area is 106 Å². The zero-order chi connectivity index (χ0) is 12.5. The van der Waals surface area contributed by atoms with Crippen LogP contribution in [0.4, 0.5) is 0 Å². The summed E-state index contributed by atoms with van der Waals surface area (Å²) in [5, 5.41) is 0. The van der Waals surface area contributed by atoms with Gasteiger partial charge in [0.2, 0.25) is 0 Å². The van der Waals surface area contributed by atoms with Gasteiger partial charge in [0.1, 0.15) is 0 Å². The van der Waals surface area contributed by atoms with Crippen LogP contribution in [0.15, 0.2) is 0 Å². The lowest BCUT2D eigenvalue weighted by Crippen LogP contribution is -2.60. The third-order valence-electron chi connectivity index (χ3n) is 5.03. The molecule has 0 aromatic heterocycles. The van der Waals surface area contributed by atoms with E-state index in [0.717, 1.165) is 31.5 Å². The molecule has 2 rings (SSSR count). The number of methoxy groups -OCH3 is 1. The van der Waals surface area contributed by atoms with Gasteiger partial charge in [-0.1, -0.05) is 6.42 Å². The van der Waals surface area contributed by atoms with Crippen LogP contribution in [-0.4, -0.2) is 43.3 Å². The van der Waals surface area contributed by atoms with Crippen LogP contribution < -0.4 is 5.73 Å². The van der Waals surface area contributed by atoms with Crippen LogP contribution in [0, 0.1) is 11.8 Å². The molecule has 0 aromatic rings. The van der Waals surface area contributed by atoms with Gasteiger partial charge in [-0.2, -0.15) is 0 Å². The van der Waals surface area contributed by atoms with E-state index in [1.807, 2.05) is 0 Å². The maximum absolute atomic E-state index is 6.18. The average Bonchev–Trinajstić information content (AvgIpc) is 2.89. The number of nitrogens with zero attached hydrogens (tertiary/aromatic N) is 1. The van der Waals surface area contributed by atoms with Crippen molar-refractivity contribution in [2.45, 2.75) is 51.1 Å². The minimum absolute atomic E-state index is 0.273. The van der Waals surface area contributed by atoms with Crippen LogP contribution in [0.1, 0.15) is 39.5 Å². The van der Waals surface area contributed by atoms with Crippen LogP contribution in [0.25, 0.3) is 0 Å². The van der Waals surface area contributed by atoms with E-state index in [4.69, 9.17) is 10.5 Å². The molecule has 0 heterocycles. The average molecular weight is 240 g/mol. The molecule has 3 unspecified atom stereocenters. The van der Waals surface area contributed by atoms with Gasteiger partial charge in [-0.25, -0.2) is 0 Å². The molecule has 0 aliphatic heterocycles. The first kappa shape index (κ1) is 13.3. The molecule has 0 amide bonds. The number of hydrogen-bond donors (Lipinski definition) is 1. The minimum Gasteiger partial charge on any atom is -0.383 e. The van der Waals surface area contributed by atoms with Gasteiger partial charge in [0.05, 0.1) is 6.61 Å². The lowest BCUT2D eigenvalue weighted by atomic mass is 9.78. The van der Waals surface area contributed by atoms with E-state index in [0.29, 0.717) is 6.04 Å². The summed E-state index contributed by atoms with van der Waals surface area (Å²) in [5.41, 5.74) is 6.46. The van der Waals surface area contributed by atoms with E-state index in [9.17, 15) is 0 Å². The molecule has 2 bridgehead atoms. The van der Waals surface area contributed by atoms with Gasteiger partial charge in [0.25, 0.3) is 0 Å². The van der Waals surface area contributed by atoms with E-state index in [2.05, 4.69) is 18.7 Å². The van der Waals surface area contributed by atoms with Crippen molar-refractivity contribution in [3.63, 3.8) is 0 Å². The topological polar surface area (TPSA) is 38.5 Å². The van der Waals surface area contributed by atoms with E-state index < -0.39 is 0 Å². The molecular weight excluding hydrogens is 212 g/mol. The van der Waals surface area contributed by atoms with Crippen molar-refractivity contribution in [3.8, 4) is 0 Å². The van der Waals surface area contributed by atoms with E-state index in [-0.39, 0.29) is 5.54 Å². The van der Waals surface area contributed by atoms with Crippen molar-refractivity contribution >= 4 is 0 Å². The number of hydrogen-bond acceptors (Lipinski definition) is 3. The molecule has 100 valence electrons. The molecule has 0 spiro atoms. The Morgan fingerprint density at radius 2 is 2.18 bits per heavy atom. The fourth-order valence-electron chi connectivity index (χ4n) is 4.32. The fraction of sp³-hybridized carbons (Fsp3) is 1.00. The van der Waals surface area contributed by atoms with Gasteiger partial charge in [-0.05, 0) is 44.9 Å². The highest BCUT2D eigenvalue weighted by Crippen LogP contribution is 2.53. The van der Waals surface area contributed by atoms with Crippen molar-refractivity contribution in [2.75, 3.05) is 26.8 Å². The molecule has 2 aliphatic carbocycles. The summed E-state index contributed by atoms with van der Waals surface area (Å²) in [5.74, 6) is 1.77. The molecule has 0 aromatic carbocycles. The van der Waals surface area contributed by atoms with Crippen LogP contribution in [-0.2, 0) is 4.74 Å². The van der Waals surface area contributed by atoms with Gasteiger partial charge in [0, 0.05) is 31.8 Å². The minimum atomic E-state index is 0.273. The number of fused-ring (bicyclic) bond motifs is 2. The van der Waals surface area contributed by atoms with E-state index in [1.54, 1.807) is 7.11 Å². The van der Waals surface area contributed by atoms with Crippen molar-refractivity contribution < 1.29 is 4.74 Å². The molecule has 17 heavy (non-hydrogen) atoms. The van der Waals surface area contributed by atoms with Gasteiger partial charge in [0.15, 0.2) is 0 Å². The van der Waals surface area contributed by atoms with E-state index >= 15 is 0 Å². The molecule has 3 atom stereocenters. The largest absolute Gasteiger partial charge is 0.383 e. The molecule has 0 saturated heterocycles. The Hall–Kier alpha value is -0.120. The zero-order valence-corrected chi connectivity index (χ0v) is 11.6. The second-order valence-electron chi connectivity index (χ2n) is 6.17. The van der Waals surface area contributed by atoms with Gasteiger partial charge >= 0.3 is 0 Å². The smallest absolute Gasteiger partial charge is 0.0590 e. The lowest BCUT2D eigenvalue weighted by Gasteiger charge is -2.48. The summed E-state index contributed by atoms with van der Waals surface area (Å²) in [6, 6.07) is 0.563. The maximum Gasteiger partial charge on any atom is 0.0590 e. The number of ether oxygens (including phenoxy) is 1. The van der Waals surface area contributed by atoms with Crippen molar-refractivity contribution in [1.82, 2.24) is 4.90 Å². The third-order valence-corrected chi connectivity index (χ3v) is 5.03. The second-order valence-corrected chi connectivity index (χ2v) is 6.17. The highest BCUT2D eigenvalue weighted by Gasteiger charge is 2.53. The quantitative estimate of drug-likeness (QED) is 0.770. The predicted octanol–water partition coefficient (Wildman–Crippen LogP) is 1.86. The normalized spacial score (nSPS) is 36.4. The van der Waals surface area contributed by atoms with Crippen LogP contribution >= 0.6 is 0 Å². The Bertz CT molecular complexity index is 257. The Morgan fingerprint density at radius 3 is 2.59 bits per heavy atom. The standard InChI is InChI=1S/C14H28N2O/c1-11(2)16(6-7-17-3)14(10-15)9-12-4-5-13(14)8-12/h11-13H,4-10,15H2,1-3H3. The van der Waals surface area contributed by atoms with Gasteiger partial charge in [-0.3, -0.25) is 4.90 Å². The van der Waals surface area contributed by atoms with Crippen molar-refractivity contribution in [3.05, 3.63) is 0 Å². The summed E-state index contributed by atoms with van der Waals surface area (Å²) in [6.45, 7) is 7.24. The SMILES string of the molecule is COCCN(C(C)C)C1(CN)CC2CCC1C2. The third kappa shape index (κ3) is 2.25. The molecule has 0 radical (unpaired) electrons. The fourth-order valence-corrected chi connectivity index (χ4v) is 4.32. The van der Waals surface area contributed by atoms with Gasteiger partial charge < -0.3 is 10.5 Å². The monoisotopic (exact) mass is 240 g/mol. The van der Waals surface area contributed by atoms with Crippen molar-refractivity contribution in [2.24, 2.45) is 17.6 Å². The Morgan fingerprint density at radius 1 is 1.41 bits per heavy atom. The Kier molecular flexibility index (Phi) is 4.11. The summed E-state index contributed by atoms with van der Waals surface area (Å²) in [7, 11) is 1.79. The molecule has 2 aliphatic rings. The first-order chi connectivity index (χ1) is 8.14. The molecule has 2 saturated carbocycles. The first-order valence-corrected chi connectivity index (χ1v) is 7.09. The number of nitrogens with two attached hydrogens (primary N) is 1. The van der Waals surface area contributed by atoms with Crippen LogP contribution in [0.2, 0.25) is 0 Å². The molecule has 2 fully saturated rings. The summed E-state index contributed by atoms with van der Waals surface area (Å²) in [6.07, 6.45) is 5.55. The highest BCUT2D eigenvalue weighted by atomic mass is 16.5. The maximum atomic E-state index is 6.18. The molecule has 3 nitrogen and oxygen atoms in total. The highest BCUT2D eigenvalue weighted by molar-refractivity contribution is 5.08. The van der Waals surface area contributed by atoms with E-state index in [1.165, 1.54) is 25.7 Å². The number of rotatable bonds is 6. The molecule has 3 heteroatoms. The predicted molar refractivity (Wildman–Crippen MR) is 71.0 cm³/mol. The summed E-state index contributed by atoms with van der Waals surface area (Å²) in [4.78, 5) is 2.63. The summed E-state index contributed by atoms with van der Waals surface area (Å²) < 4.78 is 5.27. The Balaban J connectivity index is 2.14. The van der Waals surface area contributed by atoms with Crippen LogP contribution in [0.3, 0.4) is 0 Å². The van der Waals surface area contributed by atoms with Crippen LogP contribution in [0.5, 0.6) is 0 Å². The molecule has 2 N–H and O–H groups in total. The summed E-state index contributed by atoms with van der Waals surface area (Å²) >= 11 is 0. The first-order valence-electron chi connectivity index (χ1n) is 7.09. The second kappa shape index (κ2) is 5.25. The molecular formula is C14H28N2O. The lowest BCUT2D eigenvalue weighted by molar-refractivity contribution is -0.00161. The van der Waals surface area contributed by atoms with Crippen molar-refractivity contribution in [1.29, 1.82) is 0 Å². The van der Waals surface area contributed by atoms with Gasteiger partial charge in [-0.15, -0.1) is 0 Å².